The van der Waals surface area contributed by atoms with Crippen molar-refractivity contribution in [1.29, 1.82) is 0 Å². The number of alkyl halides is 1. The monoisotopic (exact) mass is 283 g/mol. The largest absolute Gasteiger partial charge is 0.271 e. The fraction of sp³-hybridized carbons (Fsp3) is 0.267. The maximum atomic E-state index is 14.3. The molecule has 0 fully saturated rings. The molecule has 1 aliphatic heterocycles. The second kappa shape index (κ2) is 4.51. The SMILES string of the molecule is Cc1nccn1-c1nc2n(n1)C(c1ccccc1)CC2F. The van der Waals surface area contributed by atoms with Crippen LogP contribution < -0.4 is 0 Å². The van der Waals surface area contributed by atoms with Crippen molar-refractivity contribution in [2.45, 2.75) is 25.6 Å². The van der Waals surface area contributed by atoms with Crippen LogP contribution in [0.25, 0.3) is 5.95 Å². The Morgan fingerprint density at radius 3 is 2.76 bits per heavy atom. The van der Waals surface area contributed by atoms with E-state index in [9.17, 15) is 4.39 Å². The second-order valence-corrected chi connectivity index (χ2v) is 5.19. The molecule has 4 rings (SSSR count). The fourth-order valence-corrected chi connectivity index (χ4v) is 2.81. The average Bonchev–Trinajstić information content (AvgIpc) is 3.17. The zero-order chi connectivity index (χ0) is 14.4. The molecule has 0 amide bonds. The van der Waals surface area contributed by atoms with E-state index < -0.39 is 6.17 Å². The first kappa shape index (κ1) is 12.3. The van der Waals surface area contributed by atoms with E-state index >= 15 is 0 Å². The number of aryl methyl sites for hydroxylation is 1. The summed E-state index contributed by atoms with van der Waals surface area (Å²) in [5, 5.41) is 4.49. The van der Waals surface area contributed by atoms with Crippen molar-refractivity contribution in [2.75, 3.05) is 0 Å². The Bertz CT molecular complexity index is 776. The highest BCUT2D eigenvalue weighted by molar-refractivity contribution is 5.26. The van der Waals surface area contributed by atoms with Gasteiger partial charge in [0.2, 0.25) is 0 Å². The summed E-state index contributed by atoms with van der Waals surface area (Å²) in [5.74, 6) is 1.65. The molecular weight excluding hydrogens is 269 g/mol. The van der Waals surface area contributed by atoms with Gasteiger partial charge in [-0.2, -0.15) is 4.98 Å². The highest BCUT2D eigenvalue weighted by atomic mass is 19.1. The molecule has 0 aliphatic carbocycles. The number of nitrogens with zero attached hydrogens (tertiary/aromatic N) is 5. The first-order chi connectivity index (χ1) is 10.2. The van der Waals surface area contributed by atoms with Crippen molar-refractivity contribution in [2.24, 2.45) is 0 Å². The number of fused-ring (bicyclic) bond motifs is 1. The van der Waals surface area contributed by atoms with Crippen LogP contribution in [-0.4, -0.2) is 24.3 Å². The van der Waals surface area contributed by atoms with Crippen LogP contribution in [0.4, 0.5) is 4.39 Å². The Balaban J connectivity index is 1.80. The highest BCUT2D eigenvalue weighted by Gasteiger charge is 2.35. The standard InChI is InChI=1S/C15H14FN5/c1-10-17-7-8-20(10)15-18-14-12(16)9-13(21(14)19-15)11-5-3-2-4-6-11/h2-8,12-13H,9H2,1H3. The summed E-state index contributed by atoms with van der Waals surface area (Å²) in [4.78, 5) is 8.50. The quantitative estimate of drug-likeness (QED) is 0.726. The van der Waals surface area contributed by atoms with Gasteiger partial charge in [0, 0.05) is 18.8 Å². The van der Waals surface area contributed by atoms with Crippen molar-refractivity contribution < 1.29 is 4.39 Å². The number of imidazole rings is 1. The molecule has 0 spiro atoms. The Labute approximate surface area is 121 Å². The van der Waals surface area contributed by atoms with E-state index in [2.05, 4.69) is 15.1 Å². The maximum Gasteiger partial charge on any atom is 0.254 e. The van der Waals surface area contributed by atoms with Gasteiger partial charge in [-0.15, -0.1) is 5.10 Å². The van der Waals surface area contributed by atoms with Gasteiger partial charge in [-0.25, -0.2) is 14.1 Å². The Hall–Kier alpha value is -2.50. The van der Waals surface area contributed by atoms with E-state index in [0.717, 1.165) is 11.4 Å². The molecule has 3 aromatic rings. The third kappa shape index (κ3) is 1.86. The number of hydrogen-bond acceptors (Lipinski definition) is 3. The summed E-state index contributed by atoms with van der Waals surface area (Å²) >= 11 is 0. The summed E-state index contributed by atoms with van der Waals surface area (Å²) in [7, 11) is 0. The molecule has 5 nitrogen and oxygen atoms in total. The van der Waals surface area contributed by atoms with Crippen LogP contribution in [-0.2, 0) is 0 Å². The van der Waals surface area contributed by atoms with Gasteiger partial charge < -0.3 is 0 Å². The fourth-order valence-electron chi connectivity index (χ4n) is 2.81. The Morgan fingerprint density at radius 2 is 2.05 bits per heavy atom. The van der Waals surface area contributed by atoms with E-state index in [-0.39, 0.29) is 6.04 Å². The van der Waals surface area contributed by atoms with Crippen molar-refractivity contribution in [3.8, 4) is 5.95 Å². The first-order valence-corrected chi connectivity index (χ1v) is 6.90. The van der Waals surface area contributed by atoms with Crippen molar-refractivity contribution >= 4 is 0 Å². The van der Waals surface area contributed by atoms with Gasteiger partial charge in [-0.1, -0.05) is 30.3 Å². The van der Waals surface area contributed by atoms with E-state index in [1.165, 1.54) is 0 Å². The first-order valence-electron chi connectivity index (χ1n) is 6.90. The van der Waals surface area contributed by atoms with E-state index in [4.69, 9.17) is 0 Å². The van der Waals surface area contributed by atoms with Crippen LogP contribution in [0.3, 0.4) is 0 Å². The molecule has 106 valence electrons. The third-order valence-electron chi connectivity index (χ3n) is 3.88. The number of aromatic nitrogens is 5. The van der Waals surface area contributed by atoms with Gasteiger partial charge in [0.05, 0.1) is 6.04 Å². The van der Waals surface area contributed by atoms with Crippen LogP contribution in [0.5, 0.6) is 0 Å². The van der Waals surface area contributed by atoms with Crippen molar-refractivity contribution in [3.63, 3.8) is 0 Å². The number of hydrogen-bond donors (Lipinski definition) is 0. The molecule has 2 atom stereocenters. The summed E-state index contributed by atoms with van der Waals surface area (Å²) in [5.41, 5.74) is 1.05. The summed E-state index contributed by atoms with van der Waals surface area (Å²) in [6, 6.07) is 9.76. The van der Waals surface area contributed by atoms with E-state index in [1.54, 1.807) is 21.6 Å². The lowest BCUT2D eigenvalue weighted by atomic mass is 10.0. The van der Waals surface area contributed by atoms with Gasteiger partial charge >= 0.3 is 0 Å². The predicted molar refractivity (Wildman–Crippen MR) is 74.9 cm³/mol. The van der Waals surface area contributed by atoms with Crippen LogP contribution in [0, 0.1) is 6.92 Å². The van der Waals surface area contributed by atoms with Crippen LogP contribution >= 0.6 is 0 Å². The molecule has 2 aromatic heterocycles. The zero-order valence-electron chi connectivity index (χ0n) is 11.5. The summed E-state index contributed by atoms with van der Waals surface area (Å²) in [6.45, 7) is 1.87. The summed E-state index contributed by atoms with van der Waals surface area (Å²) < 4.78 is 17.7. The molecule has 0 bridgehead atoms. The minimum Gasteiger partial charge on any atom is -0.271 e. The predicted octanol–water partition coefficient (Wildman–Crippen LogP) is 2.78. The highest BCUT2D eigenvalue weighted by Crippen LogP contribution is 2.39. The van der Waals surface area contributed by atoms with Crippen molar-refractivity contribution in [3.05, 3.63) is 59.9 Å². The van der Waals surface area contributed by atoms with Crippen LogP contribution in [0.15, 0.2) is 42.7 Å². The lowest BCUT2D eigenvalue weighted by Crippen LogP contribution is -2.08. The third-order valence-corrected chi connectivity index (χ3v) is 3.88. The lowest BCUT2D eigenvalue weighted by Gasteiger charge is -2.11. The molecule has 0 N–H and O–H groups in total. The molecule has 0 radical (unpaired) electrons. The van der Waals surface area contributed by atoms with Gasteiger partial charge in [0.15, 0.2) is 12.0 Å². The Morgan fingerprint density at radius 1 is 1.24 bits per heavy atom. The average molecular weight is 283 g/mol. The molecule has 3 heterocycles. The zero-order valence-corrected chi connectivity index (χ0v) is 11.5. The molecule has 1 aliphatic rings. The lowest BCUT2D eigenvalue weighted by molar-refractivity contribution is 0.328. The molecule has 0 saturated heterocycles. The van der Waals surface area contributed by atoms with Crippen LogP contribution in [0.2, 0.25) is 0 Å². The van der Waals surface area contributed by atoms with Gasteiger partial charge in [-0.05, 0) is 12.5 Å². The van der Waals surface area contributed by atoms with Gasteiger partial charge in [0.25, 0.3) is 5.95 Å². The van der Waals surface area contributed by atoms with Crippen molar-refractivity contribution in [1.82, 2.24) is 24.3 Å². The molecular formula is C15H14FN5. The normalized spacial score (nSPS) is 20.7. The topological polar surface area (TPSA) is 48.5 Å². The molecule has 2 unspecified atom stereocenters. The second-order valence-electron chi connectivity index (χ2n) is 5.19. The minimum absolute atomic E-state index is 0.0960. The summed E-state index contributed by atoms with van der Waals surface area (Å²) in [6.07, 6.45) is 2.77. The number of rotatable bonds is 2. The molecule has 0 saturated carbocycles. The molecule has 21 heavy (non-hydrogen) atoms. The maximum absolute atomic E-state index is 14.3. The molecule has 6 heteroatoms. The van der Waals surface area contributed by atoms with E-state index in [1.807, 2.05) is 37.3 Å². The smallest absolute Gasteiger partial charge is 0.254 e. The van der Waals surface area contributed by atoms with E-state index in [0.29, 0.717) is 18.2 Å². The minimum atomic E-state index is -1.08. The Kier molecular flexibility index (Phi) is 2.63. The van der Waals surface area contributed by atoms with Gasteiger partial charge in [-0.3, -0.25) is 4.57 Å². The number of halogens is 1. The molecule has 1 aromatic carbocycles. The van der Waals surface area contributed by atoms with Crippen LogP contribution in [0.1, 0.15) is 35.8 Å². The van der Waals surface area contributed by atoms with Gasteiger partial charge in [0.1, 0.15) is 5.82 Å². The number of benzene rings is 1.